The Hall–Kier alpha value is -2.18. The maximum Gasteiger partial charge on any atom is 0.222 e. The molecule has 138 valence electrons. The highest BCUT2D eigenvalue weighted by molar-refractivity contribution is 5.42. The lowest BCUT2D eigenvalue weighted by atomic mass is 10.0. The van der Waals surface area contributed by atoms with Gasteiger partial charge in [-0.25, -0.2) is 4.98 Å². The van der Waals surface area contributed by atoms with Crippen molar-refractivity contribution in [3.8, 4) is 0 Å². The molecular weight excluding hydrogens is 326 g/mol. The number of hydrogen-bond acceptors (Lipinski definition) is 6. The SMILES string of the molecule is Nc1nc(NC2CCN(Cc3ccccc3)CC2)cc([C@H]2CCOC2)n1. The summed E-state index contributed by atoms with van der Waals surface area (Å²) >= 11 is 0. The zero-order valence-electron chi connectivity index (χ0n) is 15.1. The number of rotatable bonds is 5. The second-order valence-corrected chi connectivity index (χ2v) is 7.28. The first-order valence-electron chi connectivity index (χ1n) is 9.51. The highest BCUT2D eigenvalue weighted by Gasteiger charge is 2.22. The van der Waals surface area contributed by atoms with Crippen molar-refractivity contribution in [1.29, 1.82) is 0 Å². The molecule has 2 aromatic rings. The van der Waals surface area contributed by atoms with Gasteiger partial charge in [0.05, 0.1) is 12.3 Å². The first-order valence-corrected chi connectivity index (χ1v) is 9.51. The first kappa shape index (κ1) is 17.2. The Balaban J connectivity index is 1.32. The number of benzene rings is 1. The van der Waals surface area contributed by atoms with Crippen LogP contribution in [-0.4, -0.2) is 47.2 Å². The molecule has 2 saturated heterocycles. The minimum Gasteiger partial charge on any atom is -0.381 e. The Bertz CT molecular complexity index is 709. The topological polar surface area (TPSA) is 76.3 Å². The molecule has 4 rings (SSSR count). The van der Waals surface area contributed by atoms with E-state index in [1.165, 1.54) is 5.56 Å². The van der Waals surface area contributed by atoms with Gasteiger partial charge in [0.25, 0.3) is 0 Å². The lowest BCUT2D eigenvalue weighted by Gasteiger charge is -2.32. The fraction of sp³-hybridized carbons (Fsp3) is 0.500. The van der Waals surface area contributed by atoms with E-state index in [1.54, 1.807) is 0 Å². The molecule has 1 aromatic carbocycles. The number of hydrogen-bond donors (Lipinski definition) is 2. The van der Waals surface area contributed by atoms with Gasteiger partial charge in [-0.15, -0.1) is 0 Å². The smallest absolute Gasteiger partial charge is 0.222 e. The molecule has 3 heterocycles. The van der Waals surface area contributed by atoms with Crippen LogP contribution >= 0.6 is 0 Å². The molecule has 1 atom stereocenters. The van der Waals surface area contributed by atoms with Crippen LogP contribution in [0.15, 0.2) is 36.4 Å². The van der Waals surface area contributed by atoms with Crippen LogP contribution in [0.1, 0.15) is 36.4 Å². The van der Waals surface area contributed by atoms with Crippen molar-refractivity contribution in [3.63, 3.8) is 0 Å². The molecule has 2 fully saturated rings. The van der Waals surface area contributed by atoms with Crippen LogP contribution in [0.2, 0.25) is 0 Å². The van der Waals surface area contributed by atoms with E-state index in [2.05, 4.69) is 50.5 Å². The van der Waals surface area contributed by atoms with Crippen molar-refractivity contribution >= 4 is 11.8 Å². The molecule has 0 saturated carbocycles. The number of ether oxygens (including phenoxy) is 1. The van der Waals surface area contributed by atoms with E-state index in [9.17, 15) is 0 Å². The second kappa shape index (κ2) is 8.01. The van der Waals surface area contributed by atoms with Crippen LogP contribution in [0.3, 0.4) is 0 Å². The zero-order valence-corrected chi connectivity index (χ0v) is 15.1. The Morgan fingerprint density at radius 3 is 2.65 bits per heavy atom. The molecule has 6 nitrogen and oxygen atoms in total. The quantitative estimate of drug-likeness (QED) is 0.861. The first-order chi connectivity index (χ1) is 12.8. The summed E-state index contributed by atoms with van der Waals surface area (Å²) in [7, 11) is 0. The number of nitrogens with two attached hydrogens (primary N) is 1. The summed E-state index contributed by atoms with van der Waals surface area (Å²) in [5.74, 6) is 1.54. The fourth-order valence-corrected chi connectivity index (χ4v) is 3.82. The van der Waals surface area contributed by atoms with Crippen LogP contribution in [0.5, 0.6) is 0 Å². The van der Waals surface area contributed by atoms with Crippen LogP contribution < -0.4 is 11.1 Å². The molecule has 3 N–H and O–H groups in total. The van der Waals surface area contributed by atoms with Crippen LogP contribution in [0, 0.1) is 0 Å². The lowest BCUT2D eigenvalue weighted by molar-refractivity contribution is 0.193. The molecule has 0 unspecified atom stereocenters. The van der Waals surface area contributed by atoms with Gasteiger partial charge in [0.15, 0.2) is 0 Å². The van der Waals surface area contributed by atoms with Gasteiger partial charge in [-0.2, -0.15) is 4.98 Å². The summed E-state index contributed by atoms with van der Waals surface area (Å²) in [6, 6.07) is 13.2. The monoisotopic (exact) mass is 353 g/mol. The molecule has 0 bridgehead atoms. The molecule has 2 aliphatic heterocycles. The van der Waals surface area contributed by atoms with Gasteiger partial charge in [-0.1, -0.05) is 30.3 Å². The predicted molar refractivity (Wildman–Crippen MR) is 103 cm³/mol. The number of aromatic nitrogens is 2. The van der Waals surface area contributed by atoms with Gasteiger partial charge < -0.3 is 15.8 Å². The fourth-order valence-electron chi connectivity index (χ4n) is 3.82. The predicted octanol–water partition coefficient (Wildman–Crippen LogP) is 2.64. The Morgan fingerprint density at radius 1 is 1.12 bits per heavy atom. The molecule has 0 radical (unpaired) electrons. The van der Waals surface area contributed by atoms with Gasteiger partial charge in [-0.05, 0) is 24.8 Å². The van der Waals surface area contributed by atoms with Crippen molar-refractivity contribution in [1.82, 2.24) is 14.9 Å². The summed E-state index contributed by atoms with van der Waals surface area (Å²) in [6.07, 6.45) is 3.23. The molecule has 0 aliphatic carbocycles. The highest BCUT2D eigenvalue weighted by atomic mass is 16.5. The van der Waals surface area contributed by atoms with E-state index < -0.39 is 0 Å². The van der Waals surface area contributed by atoms with Crippen molar-refractivity contribution in [2.24, 2.45) is 0 Å². The Labute approximate surface area is 154 Å². The van der Waals surface area contributed by atoms with Gasteiger partial charge >= 0.3 is 0 Å². The maximum atomic E-state index is 5.93. The number of nitrogens with one attached hydrogen (secondary N) is 1. The number of nitrogen functional groups attached to an aromatic ring is 1. The minimum atomic E-state index is 0.341. The van der Waals surface area contributed by atoms with Crippen LogP contribution in [0.4, 0.5) is 11.8 Å². The summed E-state index contributed by atoms with van der Waals surface area (Å²) in [5.41, 5.74) is 8.31. The third-order valence-corrected chi connectivity index (χ3v) is 5.30. The summed E-state index contributed by atoms with van der Waals surface area (Å²) < 4.78 is 5.47. The molecule has 26 heavy (non-hydrogen) atoms. The zero-order chi connectivity index (χ0) is 17.8. The largest absolute Gasteiger partial charge is 0.381 e. The standard InChI is InChI=1S/C20H27N5O/c21-20-23-18(16-8-11-26-14-16)12-19(24-20)22-17-6-9-25(10-7-17)13-15-4-2-1-3-5-15/h1-5,12,16-17H,6-11,13-14H2,(H3,21,22,23,24)/t16-/m0/s1. The molecular formula is C20H27N5O. The number of likely N-dealkylation sites (tertiary alicyclic amines) is 1. The maximum absolute atomic E-state index is 5.93. The molecule has 1 aromatic heterocycles. The summed E-state index contributed by atoms with van der Waals surface area (Å²) in [4.78, 5) is 11.3. The normalized spacial score (nSPS) is 21.8. The average molecular weight is 353 g/mol. The van der Waals surface area contributed by atoms with Gasteiger partial charge in [0.1, 0.15) is 5.82 Å². The number of anilines is 2. The van der Waals surface area contributed by atoms with Gasteiger partial charge in [-0.3, -0.25) is 4.90 Å². The molecule has 2 aliphatic rings. The Morgan fingerprint density at radius 2 is 1.92 bits per heavy atom. The van der Waals surface area contributed by atoms with E-state index in [0.717, 1.165) is 63.6 Å². The van der Waals surface area contributed by atoms with Crippen molar-refractivity contribution in [2.45, 2.75) is 37.8 Å². The minimum absolute atomic E-state index is 0.341. The van der Waals surface area contributed by atoms with Gasteiger partial charge in [0, 0.05) is 44.3 Å². The van der Waals surface area contributed by atoms with Crippen molar-refractivity contribution < 1.29 is 4.74 Å². The molecule has 0 spiro atoms. The molecule has 0 amide bonds. The third-order valence-electron chi connectivity index (χ3n) is 5.30. The summed E-state index contributed by atoms with van der Waals surface area (Å²) in [6.45, 7) is 4.75. The number of piperidine rings is 1. The van der Waals surface area contributed by atoms with Gasteiger partial charge in [0.2, 0.25) is 5.95 Å². The molecule has 6 heteroatoms. The summed E-state index contributed by atoms with van der Waals surface area (Å²) in [5, 5.41) is 3.57. The second-order valence-electron chi connectivity index (χ2n) is 7.28. The highest BCUT2D eigenvalue weighted by Crippen LogP contribution is 2.26. The average Bonchev–Trinajstić information content (AvgIpc) is 3.19. The Kier molecular flexibility index (Phi) is 5.32. The van der Waals surface area contributed by atoms with E-state index in [1.807, 2.05) is 6.07 Å². The third kappa shape index (κ3) is 4.31. The van der Waals surface area contributed by atoms with E-state index in [0.29, 0.717) is 17.9 Å². The van der Waals surface area contributed by atoms with Crippen molar-refractivity contribution in [2.75, 3.05) is 37.4 Å². The van der Waals surface area contributed by atoms with E-state index in [4.69, 9.17) is 10.5 Å². The van der Waals surface area contributed by atoms with E-state index >= 15 is 0 Å². The number of nitrogens with zero attached hydrogens (tertiary/aromatic N) is 3. The lowest BCUT2D eigenvalue weighted by Crippen LogP contribution is -2.38. The van der Waals surface area contributed by atoms with Crippen molar-refractivity contribution in [3.05, 3.63) is 47.7 Å². The van der Waals surface area contributed by atoms with Crippen LogP contribution in [0.25, 0.3) is 0 Å². The van der Waals surface area contributed by atoms with E-state index in [-0.39, 0.29) is 0 Å². The van der Waals surface area contributed by atoms with Crippen LogP contribution in [-0.2, 0) is 11.3 Å².